The van der Waals surface area contributed by atoms with Crippen LogP contribution in [0.5, 0.6) is 5.75 Å². The summed E-state index contributed by atoms with van der Waals surface area (Å²) in [6.07, 6.45) is 6.41. The van der Waals surface area contributed by atoms with E-state index in [2.05, 4.69) is 36.9 Å². The second-order valence-corrected chi connectivity index (χ2v) is 8.81. The maximum Gasteiger partial charge on any atom is 0.255 e. The normalized spacial score (nSPS) is 19.8. The first kappa shape index (κ1) is 21.6. The maximum absolute atomic E-state index is 13.0. The molecule has 1 atom stereocenters. The summed E-state index contributed by atoms with van der Waals surface area (Å²) in [6.45, 7) is 4.99. The van der Waals surface area contributed by atoms with E-state index in [1.54, 1.807) is 19.5 Å². The van der Waals surface area contributed by atoms with Crippen molar-refractivity contribution in [2.75, 3.05) is 25.5 Å². The van der Waals surface area contributed by atoms with Crippen molar-refractivity contribution in [3.05, 3.63) is 72.1 Å². The van der Waals surface area contributed by atoms with E-state index in [0.717, 1.165) is 49.7 Å². The number of carbonyl (C=O) groups is 1. The number of hydrogen-bond acceptors (Lipinski definition) is 6. The fraction of sp³-hybridized carbons (Fsp3) is 0.400. The molecule has 0 radical (unpaired) electrons. The van der Waals surface area contributed by atoms with Gasteiger partial charge in [-0.3, -0.25) is 14.7 Å². The molecule has 2 aliphatic heterocycles. The number of pyridine rings is 1. The fourth-order valence-electron chi connectivity index (χ4n) is 4.70. The fourth-order valence-corrected chi connectivity index (χ4v) is 4.70. The van der Waals surface area contributed by atoms with E-state index in [0.29, 0.717) is 12.2 Å². The molecule has 1 unspecified atom stereocenters. The molecule has 1 N–H and O–H groups in total. The second-order valence-electron chi connectivity index (χ2n) is 8.81. The molecule has 5 rings (SSSR count). The number of hydrogen-bond donors (Lipinski definition) is 1. The lowest BCUT2D eigenvalue weighted by atomic mass is 9.88. The van der Waals surface area contributed by atoms with Crippen LogP contribution in [0.4, 0.5) is 5.69 Å². The van der Waals surface area contributed by atoms with Crippen molar-refractivity contribution in [1.29, 1.82) is 0 Å². The lowest BCUT2D eigenvalue weighted by molar-refractivity contribution is -0.170. The molecule has 0 bridgehead atoms. The van der Waals surface area contributed by atoms with E-state index in [9.17, 15) is 4.79 Å². The molecule has 3 aromatic rings. The number of carbonyl (C=O) groups excluding carboxylic acids is 1. The van der Waals surface area contributed by atoms with E-state index in [-0.39, 0.29) is 5.91 Å². The zero-order valence-corrected chi connectivity index (χ0v) is 19.0. The Morgan fingerprint density at radius 2 is 1.97 bits per heavy atom. The third-order valence-electron chi connectivity index (χ3n) is 6.55. The van der Waals surface area contributed by atoms with Crippen LogP contribution in [0, 0.1) is 6.92 Å². The van der Waals surface area contributed by atoms with Crippen LogP contribution in [0.3, 0.4) is 0 Å². The number of rotatable bonds is 5. The van der Waals surface area contributed by atoms with Gasteiger partial charge in [0.2, 0.25) is 0 Å². The number of ether oxygens (including phenoxy) is 2. The number of imidazole rings is 1. The van der Waals surface area contributed by atoms with Gasteiger partial charge in [0.05, 0.1) is 25.5 Å². The Morgan fingerprint density at radius 3 is 2.67 bits per heavy atom. The molecular weight excluding hydrogens is 418 g/mol. The molecule has 1 aromatic carbocycles. The van der Waals surface area contributed by atoms with Crippen LogP contribution in [-0.2, 0) is 28.2 Å². The first-order valence-electron chi connectivity index (χ1n) is 11.3. The molecule has 1 saturated heterocycles. The van der Waals surface area contributed by atoms with Gasteiger partial charge in [-0.1, -0.05) is 12.1 Å². The smallest absolute Gasteiger partial charge is 0.255 e. The summed E-state index contributed by atoms with van der Waals surface area (Å²) in [4.78, 5) is 24.3. The summed E-state index contributed by atoms with van der Waals surface area (Å²) >= 11 is 0. The predicted octanol–water partition coefficient (Wildman–Crippen LogP) is 3.12. The minimum atomic E-state index is -0.582. The summed E-state index contributed by atoms with van der Waals surface area (Å²) in [6, 6.07) is 11.9. The first-order valence-corrected chi connectivity index (χ1v) is 11.3. The van der Waals surface area contributed by atoms with E-state index in [1.165, 1.54) is 5.56 Å². The van der Waals surface area contributed by atoms with Gasteiger partial charge < -0.3 is 19.4 Å². The summed E-state index contributed by atoms with van der Waals surface area (Å²) in [5.41, 5.74) is 2.28. The third kappa shape index (κ3) is 4.49. The molecule has 8 heteroatoms. The van der Waals surface area contributed by atoms with Crippen molar-refractivity contribution in [3.63, 3.8) is 0 Å². The second kappa shape index (κ2) is 8.96. The largest absolute Gasteiger partial charge is 0.497 e. The van der Waals surface area contributed by atoms with Crippen molar-refractivity contribution in [3.8, 4) is 5.75 Å². The lowest BCUT2D eigenvalue weighted by Gasteiger charge is -2.45. The number of fused-ring (bicyclic) bond motifs is 2. The molecule has 1 spiro atoms. The number of aryl methyl sites for hydroxylation is 1. The van der Waals surface area contributed by atoms with Crippen molar-refractivity contribution in [2.45, 2.75) is 44.6 Å². The van der Waals surface area contributed by atoms with E-state index < -0.39 is 11.7 Å². The van der Waals surface area contributed by atoms with Crippen molar-refractivity contribution in [1.82, 2.24) is 19.4 Å². The molecule has 4 heterocycles. The molecular formula is C25H29N5O3. The Balaban J connectivity index is 1.27. The van der Waals surface area contributed by atoms with Crippen LogP contribution in [0.2, 0.25) is 0 Å². The van der Waals surface area contributed by atoms with Crippen molar-refractivity contribution >= 4 is 11.6 Å². The molecule has 1 fully saturated rings. The number of amides is 1. The number of aromatic nitrogens is 3. The molecule has 2 aliphatic rings. The molecule has 0 aliphatic carbocycles. The molecule has 0 saturated carbocycles. The maximum atomic E-state index is 13.0. The highest BCUT2D eigenvalue weighted by Crippen LogP contribution is 2.40. The average molecular weight is 448 g/mol. The van der Waals surface area contributed by atoms with Gasteiger partial charge in [0.25, 0.3) is 5.91 Å². The predicted molar refractivity (Wildman–Crippen MR) is 124 cm³/mol. The number of anilines is 1. The quantitative estimate of drug-likeness (QED) is 0.647. The molecule has 172 valence electrons. The van der Waals surface area contributed by atoms with Gasteiger partial charge in [-0.2, -0.15) is 0 Å². The standard InChI is InChI=1S/C25H29N5O3/c1-18-3-6-20(15-27-18)28-23(31)22-17-30-14-11-26-24(30)25(33-22)9-12-29(13-10-25)16-19-4-7-21(32-2)8-5-19/h3-8,11,14-15,22H,9-10,12-13,16-17H2,1-2H3,(H,28,31). The van der Waals surface area contributed by atoms with Gasteiger partial charge in [0.1, 0.15) is 17.2 Å². The third-order valence-corrected chi connectivity index (χ3v) is 6.55. The molecule has 1 amide bonds. The van der Waals surface area contributed by atoms with Crippen LogP contribution in [-0.4, -0.2) is 51.6 Å². The lowest BCUT2D eigenvalue weighted by Crippen LogP contribution is -2.53. The molecule has 33 heavy (non-hydrogen) atoms. The summed E-state index contributed by atoms with van der Waals surface area (Å²) < 4.78 is 13.9. The van der Waals surface area contributed by atoms with Crippen LogP contribution in [0.15, 0.2) is 55.0 Å². The van der Waals surface area contributed by atoms with Gasteiger partial charge in [-0.05, 0) is 49.6 Å². The topological polar surface area (TPSA) is 81.5 Å². The molecule has 8 nitrogen and oxygen atoms in total. The summed E-state index contributed by atoms with van der Waals surface area (Å²) in [7, 11) is 1.68. The van der Waals surface area contributed by atoms with Crippen LogP contribution in [0.1, 0.15) is 29.9 Å². The zero-order chi connectivity index (χ0) is 22.8. The zero-order valence-electron chi connectivity index (χ0n) is 19.0. The van der Waals surface area contributed by atoms with Crippen molar-refractivity contribution in [2.24, 2.45) is 0 Å². The minimum absolute atomic E-state index is 0.153. The number of benzene rings is 1. The van der Waals surface area contributed by atoms with E-state index in [1.807, 2.05) is 37.4 Å². The van der Waals surface area contributed by atoms with E-state index >= 15 is 0 Å². The Hall–Kier alpha value is -3.23. The molecule has 2 aromatic heterocycles. The van der Waals surface area contributed by atoms with Gasteiger partial charge in [0.15, 0.2) is 6.10 Å². The Morgan fingerprint density at radius 1 is 1.18 bits per heavy atom. The highest BCUT2D eigenvalue weighted by molar-refractivity contribution is 5.94. The summed E-state index contributed by atoms with van der Waals surface area (Å²) in [5.74, 6) is 1.64. The Bertz CT molecular complexity index is 1100. The van der Waals surface area contributed by atoms with Gasteiger partial charge in [-0.15, -0.1) is 0 Å². The van der Waals surface area contributed by atoms with Crippen molar-refractivity contribution < 1.29 is 14.3 Å². The highest BCUT2D eigenvalue weighted by atomic mass is 16.5. The summed E-state index contributed by atoms with van der Waals surface area (Å²) in [5, 5.41) is 2.95. The first-order chi connectivity index (χ1) is 16.0. The number of nitrogens with zero attached hydrogens (tertiary/aromatic N) is 4. The van der Waals surface area contributed by atoms with Crippen LogP contribution >= 0.6 is 0 Å². The average Bonchev–Trinajstić information content (AvgIpc) is 3.32. The van der Waals surface area contributed by atoms with Crippen LogP contribution < -0.4 is 10.1 Å². The minimum Gasteiger partial charge on any atom is -0.497 e. The van der Waals surface area contributed by atoms with Crippen LogP contribution in [0.25, 0.3) is 0 Å². The van der Waals surface area contributed by atoms with Gasteiger partial charge in [0, 0.05) is 37.7 Å². The SMILES string of the molecule is COc1ccc(CN2CCC3(CC2)OC(C(=O)Nc2ccc(C)nc2)Cn2ccnc23)cc1. The van der Waals surface area contributed by atoms with E-state index in [4.69, 9.17) is 9.47 Å². The Labute approximate surface area is 193 Å². The number of nitrogens with one attached hydrogen (secondary N) is 1. The highest BCUT2D eigenvalue weighted by Gasteiger charge is 2.47. The van der Waals surface area contributed by atoms with Gasteiger partial charge in [-0.25, -0.2) is 4.98 Å². The Kier molecular flexibility index (Phi) is 5.86. The number of methoxy groups -OCH3 is 1. The van der Waals surface area contributed by atoms with Gasteiger partial charge >= 0.3 is 0 Å². The monoisotopic (exact) mass is 447 g/mol. The number of piperidine rings is 1. The number of likely N-dealkylation sites (tertiary alicyclic amines) is 1.